The first-order chi connectivity index (χ1) is 41.9. The van der Waals surface area contributed by atoms with Gasteiger partial charge in [-0.2, -0.15) is 0 Å². The zero-order chi connectivity index (χ0) is 63.6. The van der Waals surface area contributed by atoms with Crippen LogP contribution in [0, 0.1) is 10.1 Å². The summed E-state index contributed by atoms with van der Waals surface area (Å²) in [4.78, 5) is 41.8. The van der Waals surface area contributed by atoms with E-state index in [0.29, 0.717) is 0 Å². The second kappa shape index (κ2) is 32.7. The van der Waals surface area contributed by atoms with Crippen LogP contribution in [-0.2, 0) is 94.4 Å². The van der Waals surface area contributed by atoms with Crippen molar-refractivity contribution in [3.05, 3.63) is 190 Å². The number of hydrogen-bond acceptors (Lipinski definition) is 16. The number of nitrogens with one attached hydrogen (secondary N) is 1. The van der Waals surface area contributed by atoms with E-state index in [1.165, 1.54) is 6.92 Å². The van der Waals surface area contributed by atoms with Gasteiger partial charge >= 0.3 is 12.1 Å². The minimum absolute atomic E-state index is 0.0210. The summed E-state index contributed by atoms with van der Waals surface area (Å²) in [5.41, 5.74) is 2.69. The van der Waals surface area contributed by atoms with Gasteiger partial charge in [-0.05, 0) is 92.9 Å². The number of nitrogens with zero attached hydrogens (tertiary/aromatic N) is 1. The van der Waals surface area contributed by atoms with Gasteiger partial charge < -0.3 is 61.8 Å². The smallest absolute Gasteiger partial charge is 0.408 e. The van der Waals surface area contributed by atoms with Gasteiger partial charge in [-0.3, -0.25) is 10.1 Å². The number of benzene rings is 5. The standard InChI is InChI=1S/C69H94N2O16Si/c1-46(2)88(47(3)4,48(5)6)81-45-56-59(77-40-51-31-21-15-22-32-51)61(58(71(74)75)65(83-56)82-49(7)57(64(72)86-68(8,9)10)70-67(73)87-69(11,12)13)85-66-63(80-43-54-37-27-18-28-38-54)62(79-42-53-35-25-17-26-36-53)60(78-41-52-33-23-16-24-34-52)55(84-66)44-76-39-50-29-19-14-20-30-50/h14-38,46-49,55-63,65-66H,39-45H2,1-13H3,(H,70,73)/t49-,55-,56-,57+,58-,59+,60+,61-,62+,63-,65+,66-/m1/s1. The topological polar surface area (TPSA) is 200 Å². The molecule has 0 saturated carbocycles. The van der Waals surface area contributed by atoms with Crippen LogP contribution in [0.3, 0.4) is 0 Å². The highest BCUT2D eigenvalue weighted by Gasteiger charge is 2.60. The Labute approximate surface area is 521 Å². The fourth-order valence-corrected chi connectivity index (χ4v) is 17.1. The molecule has 5 aromatic rings. The van der Waals surface area contributed by atoms with E-state index in [-0.39, 0.29) is 62.9 Å². The molecule has 2 heterocycles. The number of alkyl carbamates (subject to hydrolysis) is 1. The molecule has 0 aromatic heterocycles. The van der Waals surface area contributed by atoms with Crippen molar-refractivity contribution in [3.8, 4) is 0 Å². The van der Waals surface area contributed by atoms with E-state index in [0.717, 1.165) is 27.8 Å². The Morgan fingerprint density at radius 2 is 0.886 bits per heavy atom. The van der Waals surface area contributed by atoms with Gasteiger partial charge in [-0.25, -0.2) is 9.59 Å². The van der Waals surface area contributed by atoms with Crippen LogP contribution in [0.15, 0.2) is 152 Å². The monoisotopic (exact) mass is 1230 g/mol. The number of carbonyl (C=O) groups is 2. The highest BCUT2D eigenvalue weighted by Crippen LogP contribution is 2.44. The molecule has 0 spiro atoms. The fraction of sp³-hybridized carbons (Fsp3) is 0.536. The second-order valence-electron chi connectivity index (χ2n) is 25.6. The van der Waals surface area contributed by atoms with Gasteiger partial charge in [0.25, 0.3) is 6.04 Å². The molecule has 1 N–H and O–H groups in total. The summed E-state index contributed by atoms with van der Waals surface area (Å²) < 4.78 is 81.8. The van der Waals surface area contributed by atoms with Crippen LogP contribution < -0.4 is 5.32 Å². The molecule has 2 aliphatic rings. The van der Waals surface area contributed by atoms with Crippen LogP contribution in [0.1, 0.15) is 118 Å². The summed E-state index contributed by atoms with van der Waals surface area (Å²) in [6, 6.07) is 44.8. The number of amides is 1. The Balaban J connectivity index is 1.40. The van der Waals surface area contributed by atoms with E-state index in [1.54, 1.807) is 41.5 Å². The normalized spacial score (nSPS) is 23.4. The molecule has 0 radical (unpaired) electrons. The van der Waals surface area contributed by atoms with Crippen LogP contribution in [0.25, 0.3) is 0 Å². The largest absolute Gasteiger partial charge is 0.458 e. The Morgan fingerprint density at radius 1 is 0.511 bits per heavy atom. The molecule has 12 atom stereocenters. The summed E-state index contributed by atoms with van der Waals surface area (Å²) in [5.74, 6) is -0.877. The summed E-state index contributed by atoms with van der Waals surface area (Å²) in [6.07, 6.45) is -13.5. The number of nitro groups is 1. The quantitative estimate of drug-likeness (QED) is 0.0197. The molecule has 0 unspecified atom stereocenters. The summed E-state index contributed by atoms with van der Waals surface area (Å²) in [6.45, 7) is 25.0. The summed E-state index contributed by atoms with van der Waals surface area (Å²) in [7, 11) is -2.73. The van der Waals surface area contributed by atoms with Gasteiger partial charge in [0.05, 0.1) is 52.4 Å². The van der Waals surface area contributed by atoms with Gasteiger partial charge in [-0.1, -0.05) is 193 Å². The lowest BCUT2D eigenvalue weighted by molar-refractivity contribution is -0.581. The molecule has 19 heteroatoms. The highest BCUT2D eigenvalue weighted by atomic mass is 28.4. The number of ether oxygens (including phenoxy) is 11. The Morgan fingerprint density at radius 3 is 1.30 bits per heavy atom. The van der Waals surface area contributed by atoms with Crippen molar-refractivity contribution < 1.29 is 71.0 Å². The van der Waals surface area contributed by atoms with Crippen molar-refractivity contribution in [1.29, 1.82) is 0 Å². The molecule has 88 heavy (non-hydrogen) atoms. The fourth-order valence-electron chi connectivity index (χ4n) is 11.7. The van der Waals surface area contributed by atoms with E-state index in [4.69, 9.17) is 56.5 Å². The third-order valence-electron chi connectivity index (χ3n) is 15.6. The molecule has 2 saturated heterocycles. The third kappa shape index (κ3) is 20.0. The molecule has 2 fully saturated rings. The van der Waals surface area contributed by atoms with E-state index < -0.39 is 110 Å². The maximum Gasteiger partial charge on any atom is 0.408 e. The SMILES string of the molecule is CC(C)[Si](OC[C@H]1O[C@H](O[C@H](C)[C@H](NC(=O)OC(C)(C)C)C(=O)OC(C)(C)C)[C@H]([N+](=O)[O-])[C@@H](O[C@H]2O[C@H](COCc3ccccc3)[C@H](OCc3ccccc3)[C@H](OCc3ccccc3)[C@H]2OCc2ccccc2)[C@H]1OCc1ccccc1)(C(C)C)C(C)C. The Kier molecular flexibility index (Phi) is 25.8. The maximum absolute atomic E-state index is 14.4. The first kappa shape index (κ1) is 69.5. The number of hydrogen-bond donors (Lipinski definition) is 1. The zero-order valence-corrected chi connectivity index (χ0v) is 54.5. The van der Waals surface area contributed by atoms with Gasteiger partial charge in [0, 0.05) is 4.92 Å². The van der Waals surface area contributed by atoms with Crippen molar-refractivity contribution in [3.63, 3.8) is 0 Å². The average Bonchev–Trinajstić information content (AvgIpc) is 0.899. The van der Waals surface area contributed by atoms with Crippen molar-refractivity contribution in [2.75, 3.05) is 13.2 Å². The molecule has 1 amide bonds. The van der Waals surface area contributed by atoms with Gasteiger partial charge in [0.2, 0.25) is 6.29 Å². The number of rotatable bonds is 30. The second-order valence-corrected chi connectivity index (χ2v) is 31.1. The molecule has 5 aromatic carbocycles. The molecular weight excluding hydrogens is 1140 g/mol. The average molecular weight is 1240 g/mol. The third-order valence-corrected chi connectivity index (χ3v) is 21.7. The van der Waals surface area contributed by atoms with E-state index in [1.807, 2.05) is 152 Å². The molecule has 18 nitrogen and oxygen atoms in total. The summed E-state index contributed by atoms with van der Waals surface area (Å²) in [5, 5.41) is 17.1. The lowest BCUT2D eigenvalue weighted by Crippen LogP contribution is -2.68. The highest BCUT2D eigenvalue weighted by molar-refractivity contribution is 6.77. The minimum Gasteiger partial charge on any atom is -0.458 e. The summed E-state index contributed by atoms with van der Waals surface area (Å²) >= 11 is 0. The van der Waals surface area contributed by atoms with E-state index >= 15 is 0 Å². The first-order valence-corrected chi connectivity index (χ1v) is 32.9. The molecule has 0 aliphatic carbocycles. The van der Waals surface area contributed by atoms with Gasteiger partial charge in [-0.15, -0.1) is 0 Å². The molecule has 0 bridgehead atoms. The molecule has 7 rings (SSSR count). The number of carbonyl (C=O) groups excluding carboxylic acids is 2. The van der Waals surface area contributed by atoms with Crippen molar-refractivity contribution >= 4 is 20.4 Å². The molecular formula is C69H94N2O16Si. The lowest BCUT2D eigenvalue weighted by atomic mass is 9.94. The van der Waals surface area contributed by atoms with E-state index in [9.17, 15) is 19.7 Å². The molecule has 2 aliphatic heterocycles. The zero-order valence-electron chi connectivity index (χ0n) is 53.5. The first-order valence-electron chi connectivity index (χ1n) is 30.8. The Hall–Kier alpha value is -5.94. The van der Waals surface area contributed by atoms with Crippen LogP contribution in [0.4, 0.5) is 4.79 Å². The number of esters is 1. The lowest BCUT2D eigenvalue weighted by Gasteiger charge is -2.49. The van der Waals surface area contributed by atoms with Crippen LogP contribution in [0.5, 0.6) is 0 Å². The van der Waals surface area contributed by atoms with Crippen LogP contribution in [0.2, 0.25) is 16.6 Å². The predicted molar refractivity (Wildman–Crippen MR) is 336 cm³/mol. The Bertz CT molecular complexity index is 2840. The van der Waals surface area contributed by atoms with Crippen molar-refractivity contribution in [1.82, 2.24) is 5.32 Å². The minimum atomic E-state index is -2.73. The van der Waals surface area contributed by atoms with Crippen molar-refractivity contribution in [2.24, 2.45) is 0 Å². The van der Waals surface area contributed by atoms with Gasteiger partial charge in [0.1, 0.15) is 47.8 Å². The van der Waals surface area contributed by atoms with E-state index in [2.05, 4.69) is 46.9 Å². The molecule has 480 valence electrons. The maximum atomic E-state index is 14.4. The van der Waals surface area contributed by atoms with Crippen LogP contribution >= 0.6 is 0 Å². The predicted octanol–water partition coefficient (Wildman–Crippen LogP) is 12.9. The van der Waals surface area contributed by atoms with Gasteiger partial charge in [0.15, 0.2) is 26.8 Å². The van der Waals surface area contributed by atoms with Crippen LogP contribution in [-0.4, -0.2) is 123 Å². The van der Waals surface area contributed by atoms with Crippen molar-refractivity contribution in [2.45, 2.75) is 224 Å².